The molecular formula is C78H107LiN2O11S2. The number of carbonyl (C=O) groups is 4. The summed E-state index contributed by atoms with van der Waals surface area (Å²) in [5.41, 5.74) is 14.2. The first-order valence-corrected chi connectivity index (χ1v) is 34.7. The summed E-state index contributed by atoms with van der Waals surface area (Å²) >= 11 is 4.95. The molecule has 0 amide bonds. The van der Waals surface area contributed by atoms with Gasteiger partial charge in [0.2, 0.25) is 0 Å². The molecule has 16 heteroatoms. The van der Waals surface area contributed by atoms with Crippen LogP contribution in [-0.4, -0.2) is 98.2 Å². The van der Waals surface area contributed by atoms with E-state index in [9.17, 15) is 24.3 Å². The van der Waals surface area contributed by atoms with Gasteiger partial charge in [-0.3, -0.25) is 19.2 Å². The van der Waals surface area contributed by atoms with Gasteiger partial charge in [-0.25, -0.2) is 0 Å². The van der Waals surface area contributed by atoms with Crippen LogP contribution in [0.3, 0.4) is 0 Å². The number of epoxide rings is 1. The Morgan fingerprint density at radius 1 is 0.564 bits per heavy atom. The molecule has 0 saturated carbocycles. The van der Waals surface area contributed by atoms with Crippen molar-refractivity contribution in [3.8, 4) is 0 Å². The zero-order chi connectivity index (χ0) is 67.2. The van der Waals surface area contributed by atoms with Gasteiger partial charge in [0.15, 0.2) is 0 Å². The molecule has 10 unspecified atom stereocenters. The van der Waals surface area contributed by atoms with Crippen molar-refractivity contribution >= 4 is 48.3 Å². The minimum absolute atomic E-state index is 0. The molecule has 1 aliphatic rings. The van der Waals surface area contributed by atoms with Gasteiger partial charge < -0.3 is 45.7 Å². The van der Waals surface area contributed by atoms with Crippen LogP contribution in [0, 0.1) is 34.5 Å². The van der Waals surface area contributed by atoms with E-state index in [2.05, 4.69) is 192 Å². The molecule has 7 rings (SSSR count). The number of nitrogens with two attached hydrogens (primary N) is 2. The summed E-state index contributed by atoms with van der Waals surface area (Å²) in [6.07, 6.45) is 6.26. The predicted molar refractivity (Wildman–Crippen MR) is 379 cm³/mol. The second-order valence-corrected chi connectivity index (χ2v) is 27.4. The summed E-state index contributed by atoms with van der Waals surface area (Å²) in [6.45, 7) is 17.3. The van der Waals surface area contributed by atoms with Crippen LogP contribution in [0.15, 0.2) is 182 Å². The summed E-state index contributed by atoms with van der Waals surface area (Å²) in [6, 6.07) is 63.4. The topological polar surface area (TPSA) is 220 Å². The van der Waals surface area contributed by atoms with Gasteiger partial charge in [0.05, 0.1) is 49.6 Å². The van der Waals surface area contributed by atoms with E-state index in [0.29, 0.717) is 55.2 Å². The Balaban J connectivity index is 0.000000462. The van der Waals surface area contributed by atoms with Crippen LogP contribution in [0.25, 0.3) is 0 Å². The molecule has 0 spiro atoms. The number of thiol groups is 1. The van der Waals surface area contributed by atoms with Crippen molar-refractivity contribution < 1.29 is 72.3 Å². The molecule has 6 N–H and O–H groups in total. The van der Waals surface area contributed by atoms with Crippen molar-refractivity contribution in [2.45, 2.75) is 154 Å². The van der Waals surface area contributed by atoms with Crippen LogP contribution in [0.5, 0.6) is 0 Å². The third kappa shape index (κ3) is 24.7. The molecule has 0 radical (unpaired) electrons. The SMILES string of the molecule is CCC(C)CC(CC(CC(C)(CC(C)C(=O)OC)C(=O)OCC(O)CSCN)(c1ccccc1)c1ccccc1)c1ccccc1.CCC(C)CC(CC(CC(C)(CC(C)C(=O)OC)C(=O)OCC1CO1)(c1ccccc1)c1ccccc1)c1ccccc1.NCS.[Li+].[OH-]. The zero-order valence-corrected chi connectivity index (χ0v) is 59.5. The monoisotopic (exact) mass is 1320 g/mol. The molecule has 1 heterocycles. The van der Waals surface area contributed by atoms with Gasteiger partial charge >= 0.3 is 42.7 Å². The van der Waals surface area contributed by atoms with Crippen LogP contribution < -0.4 is 30.3 Å². The first-order valence-electron chi connectivity index (χ1n) is 32.9. The maximum absolute atomic E-state index is 14.3. The van der Waals surface area contributed by atoms with Crippen molar-refractivity contribution in [1.29, 1.82) is 0 Å². The molecule has 1 fully saturated rings. The van der Waals surface area contributed by atoms with Gasteiger partial charge in [0.25, 0.3) is 0 Å². The number of rotatable bonds is 35. The van der Waals surface area contributed by atoms with Gasteiger partial charge in [-0.2, -0.15) is 12.6 Å². The van der Waals surface area contributed by atoms with Crippen LogP contribution >= 0.6 is 24.4 Å². The van der Waals surface area contributed by atoms with Gasteiger partial charge in [-0.15, -0.1) is 11.8 Å². The first-order chi connectivity index (χ1) is 44.2. The number of carbonyl (C=O) groups excluding carboxylic acids is 4. The number of hydrogen-bond acceptors (Lipinski definition) is 15. The fourth-order valence-electron chi connectivity index (χ4n) is 13.5. The molecular weight excluding hydrogens is 1210 g/mol. The normalized spacial score (nSPS) is 16.1. The van der Waals surface area contributed by atoms with Crippen LogP contribution in [0.2, 0.25) is 0 Å². The van der Waals surface area contributed by atoms with Crippen LogP contribution in [-0.2, 0) is 53.7 Å². The van der Waals surface area contributed by atoms with Crippen molar-refractivity contribution in [3.63, 3.8) is 0 Å². The molecule has 6 aromatic rings. The Hall–Kier alpha value is -5.70. The minimum atomic E-state index is -1.10. The summed E-state index contributed by atoms with van der Waals surface area (Å²) in [7, 11) is 2.77. The molecule has 6 aromatic carbocycles. The Bertz CT molecular complexity index is 2990. The molecule has 13 nitrogen and oxygen atoms in total. The fourth-order valence-corrected chi connectivity index (χ4v) is 14.0. The number of hydrogen-bond donors (Lipinski definition) is 4. The van der Waals surface area contributed by atoms with E-state index < -0.39 is 45.6 Å². The molecule has 0 aliphatic carbocycles. The van der Waals surface area contributed by atoms with Crippen LogP contribution in [0.4, 0.5) is 0 Å². The summed E-state index contributed by atoms with van der Waals surface area (Å²) in [5.74, 6) is 0.198. The van der Waals surface area contributed by atoms with E-state index >= 15 is 0 Å². The number of benzene rings is 6. The van der Waals surface area contributed by atoms with Crippen molar-refractivity contribution in [1.82, 2.24) is 0 Å². The fraction of sp³-hybridized carbons (Fsp3) is 0.487. The molecule has 0 aromatic heterocycles. The second kappa shape index (κ2) is 42.1. The van der Waals surface area contributed by atoms with Crippen molar-refractivity contribution in [3.05, 3.63) is 215 Å². The zero-order valence-electron chi connectivity index (χ0n) is 57.8. The molecule has 0 bridgehead atoms. The van der Waals surface area contributed by atoms with E-state index in [-0.39, 0.29) is 79.8 Å². The van der Waals surface area contributed by atoms with Gasteiger partial charge in [0.1, 0.15) is 19.3 Å². The maximum Gasteiger partial charge on any atom is 1.00 e. The number of aliphatic hydroxyl groups excluding tert-OH is 1. The average molecular weight is 1320 g/mol. The van der Waals surface area contributed by atoms with E-state index in [1.165, 1.54) is 37.1 Å². The Labute approximate surface area is 584 Å². The molecule has 1 saturated heterocycles. The average Bonchev–Trinajstić information content (AvgIpc) is 0.903. The Kier molecular flexibility index (Phi) is 36.9. The van der Waals surface area contributed by atoms with Gasteiger partial charge in [-0.05, 0) is 122 Å². The van der Waals surface area contributed by atoms with E-state index in [0.717, 1.165) is 60.8 Å². The second-order valence-electron chi connectivity index (χ2n) is 26.0. The largest absolute Gasteiger partial charge is 1.00 e. The first kappa shape index (κ1) is 82.5. The number of thioether (sulfide) groups is 1. The van der Waals surface area contributed by atoms with Crippen molar-refractivity contribution in [2.24, 2.45) is 46.0 Å². The van der Waals surface area contributed by atoms with E-state index in [1.807, 2.05) is 51.1 Å². The van der Waals surface area contributed by atoms with Gasteiger partial charge in [0, 0.05) is 28.3 Å². The number of methoxy groups -OCH3 is 2. The molecule has 94 heavy (non-hydrogen) atoms. The summed E-state index contributed by atoms with van der Waals surface area (Å²) < 4.78 is 27.4. The Morgan fingerprint density at radius 2 is 0.872 bits per heavy atom. The smallest absolute Gasteiger partial charge is 0.870 e. The minimum Gasteiger partial charge on any atom is -0.870 e. The molecule has 10 atom stereocenters. The number of esters is 4. The third-order valence-electron chi connectivity index (χ3n) is 18.5. The molecule has 1 aliphatic heterocycles. The molecule has 508 valence electrons. The standard InChI is InChI=1S/C39H53NO5S.C38H48O5.CH5NS.Li.H2O/c1-6-29(2)22-32(31-16-10-7-11-17-31)24-39(33-18-12-8-13-19-33,34-20-14-9-15-21-34)27-38(4,23-30(3)36(42)44-5)37(43)45-25-35(41)26-46-28-40;1-6-28(2)22-31(30-16-10-7-11-17-30)24-38(32-18-12-8-13-19-32,33-20-14-9-15-21-33)27-37(4,23-29(3)35(39)41-5)36(40)43-26-34-25-42-34;2-1-3;;/h7-21,29-30,32,35,41H,6,22-28,40H2,1-5H3;7-21,28-29,31,34H,6,22-27H2,1-5H3;3H,1-2H2;;1H2/q;;;+1;/p-1. The van der Waals surface area contributed by atoms with E-state index in [1.54, 1.807) is 6.92 Å². The van der Waals surface area contributed by atoms with Crippen LogP contribution in [0.1, 0.15) is 165 Å². The number of ether oxygens (including phenoxy) is 5. The van der Waals surface area contributed by atoms with Gasteiger partial charge in [-0.1, -0.05) is 236 Å². The maximum atomic E-state index is 14.3. The van der Waals surface area contributed by atoms with Crippen molar-refractivity contribution in [2.75, 3.05) is 51.5 Å². The third-order valence-corrected chi connectivity index (χ3v) is 19.4. The van der Waals surface area contributed by atoms with E-state index in [4.69, 9.17) is 35.2 Å². The Morgan fingerprint density at radius 3 is 1.16 bits per heavy atom. The number of aliphatic hydroxyl groups is 1. The summed E-state index contributed by atoms with van der Waals surface area (Å²) in [4.78, 5) is 53.9. The summed E-state index contributed by atoms with van der Waals surface area (Å²) in [5, 5.41) is 10.5. The predicted octanol–water partition coefficient (Wildman–Crippen LogP) is 12.5. The quantitative estimate of drug-likeness (QED) is 0.00726.